The van der Waals surface area contributed by atoms with Crippen LogP contribution in [0.4, 0.5) is 0 Å². The van der Waals surface area contributed by atoms with Crippen LogP contribution in [0.5, 0.6) is 0 Å². The lowest BCUT2D eigenvalue weighted by Crippen LogP contribution is -1.97. The Hall–Kier alpha value is -1.41. The maximum atomic E-state index is 9.06. The Balaban J connectivity index is 3.63. The molecule has 1 nitrogen and oxygen atoms in total. The van der Waals surface area contributed by atoms with E-state index in [-0.39, 0.29) is 6.10 Å². The highest BCUT2D eigenvalue weighted by Gasteiger charge is 1.93. The molecule has 18 heavy (non-hydrogen) atoms. The molecule has 0 aliphatic carbocycles. The summed E-state index contributed by atoms with van der Waals surface area (Å²) in [4.78, 5) is 0. The van der Waals surface area contributed by atoms with Gasteiger partial charge in [0.2, 0.25) is 0 Å². The van der Waals surface area contributed by atoms with E-state index in [1.807, 2.05) is 19.1 Å². The molecule has 0 aromatic heterocycles. The first-order valence-electron chi connectivity index (χ1n) is 6.03. The molecule has 0 saturated heterocycles. The van der Waals surface area contributed by atoms with E-state index in [0.29, 0.717) is 0 Å². The zero-order chi connectivity index (χ0) is 13.5. The first-order valence-corrected chi connectivity index (χ1v) is 6.47. The van der Waals surface area contributed by atoms with Gasteiger partial charge < -0.3 is 5.11 Å². The monoisotopic (exact) mass is 262 g/mol. The van der Waals surface area contributed by atoms with Crippen LogP contribution in [0.1, 0.15) is 32.6 Å². The predicted octanol–water partition coefficient (Wildman–Crippen LogP) is 3.80. The van der Waals surface area contributed by atoms with Crippen LogP contribution in [0.15, 0.2) is 35.9 Å². The van der Waals surface area contributed by atoms with Gasteiger partial charge in [0.05, 0.1) is 6.10 Å². The fraction of sp³-hybridized carbons (Fsp3) is 0.375. The van der Waals surface area contributed by atoms with Crippen molar-refractivity contribution in [3.05, 3.63) is 35.9 Å². The molecule has 96 valence electrons. The summed E-state index contributed by atoms with van der Waals surface area (Å²) < 4.78 is 0. The molecule has 0 bridgehead atoms. The van der Waals surface area contributed by atoms with Crippen molar-refractivity contribution in [2.45, 2.75) is 38.7 Å². The normalized spacial score (nSPS) is 12.4. The van der Waals surface area contributed by atoms with Crippen molar-refractivity contribution in [3.8, 4) is 23.7 Å². The Bertz CT molecular complexity index is 394. The number of aliphatic hydroxyl groups excluding tert-OH is 1. The van der Waals surface area contributed by atoms with Crippen molar-refractivity contribution in [1.29, 1.82) is 0 Å². The van der Waals surface area contributed by atoms with E-state index in [2.05, 4.69) is 23.7 Å². The number of aliphatic hydroxyl groups is 1. The van der Waals surface area contributed by atoms with Crippen LogP contribution in [0.3, 0.4) is 0 Å². The van der Waals surface area contributed by atoms with E-state index in [1.165, 1.54) is 5.54 Å². The molecule has 1 N–H and O–H groups in total. The first kappa shape index (κ1) is 16.6. The molecule has 1 unspecified atom stereocenters. The Labute approximate surface area is 115 Å². The Morgan fingerprint density at radius 2 is 1.83 bits per heavy atom. The second kappa shape index (κ2) is 13.7. The van der Waals surface area contributed by atoms with Gasteiger partial charge in [0.1, 0.15) is 0 Å². The van der Waals surface area contributed by atoms with E-state index in [4.69, 9.17) is 16.7 Å². The first-order chi connectivity index (χ1) is 8.77. The Kier molecular flexibility index (Phi) is 12.6. The molecule has 0 aliphatic heterocycles. The third kappa shape index (κ3) is 14.6. The molecular weight excluding hydrogens is 244 g/mol. The minimum atomic E-state index is -0.189. The summed E-state index contributed by atoms with van der Waals surface area (Å²) in [6, 6.07) is 0. The fourth-order valence-corrected chi connectivity index (χ4v) is 1.23. The molecule has 0 aliphatic rings. The van der Waals surface area contributed by atoms with Crippen LogP contribution in [0, 0.1) is 23.7 Å². The van der Waals surface area contributed by atoms with Gasteiger partial charge in [-0.25, -0.2) is 0 Å². The third-order valence-corrected chi connectivity index (χ3v) is 2.16. The van der Waals surface area contributed by atoms with Crippen LogP contribution in [0.2, 0.25) is 0 Å². The summed E-state index contributed by atoms with van der Waals surface area (Å²) >= 11 is 5.32. The molecular formula is C16H19ClO. The topological polar surface area (TPSA) is 20.2 Å². The molecule has 0 saturated carbocycles. The highest BCUT2D eigenvalue weighted by molar-refractivity contribution is 6.25. The summed E-state index contributed by atoms with van der Waals surface area (Å²) in [6.07, 6.45) is 12.8. The van der Waals surface area contributed by atoms with Gasteiger partial charge in [-0.1, -0.05) is 48.1 Å². The largest absolute Gasteiger partial charge is 0.393 e. The van der Waals surface area contributed by atoms with E-state index >= 15 is 0 Å². The maximum absolute atomic E-state index is 9.06. The summed E-state index contributed by atoms with van der Waals surface area (Å²) in [5, 5.41) is 9.06. The van der Waals surface area contributed by atoms with E-state index < -0.39 is 0 Å². The molecule has 0 heterocycles. The highest BCUT2D eigenvalue weighted by atomic mass is 35.5. The quantitative estimate of drug-likeness (QED) is 0.439. The van der Waals surface area contributed by atoms with Gasteiger partial charge in [0.25, 0.3) is 0 Å². The van der Waals surface area contributed by atoms with E-state index in [1.54, 1.807) is 18.2 Å². The predicted molar refractivity (Wildman–Crippen MR) is 79.0 cm³/mol. The van der Waals surface area contributed by atoms with Gasteiger partial charge in [0.15, 0.2) is 0 Å². The van der Waals surface area contributed by atoms with Crippen LogP contribution in [-0.2, 0) is 0 Å². The van der Waals surface area contributed by atoms with Crippen LogP contribution in [-0.4, -0.2) is 11.2 Å². The fourth-order valence-electron chi connectivity index (χ4n) is 1.15. The van der Waals surface area contributed by atoms with Crippen molar-refractivity contribution in [2.75, 3.05) is 0 Å². The van der Waals surface area contributed by atoms with Crippen molar-refractivity contribution in [1.82, 2.24) is 0 Å². The second-order valence-electron chi connectivity index (χ2n) is 3.75. The molecule has 0 rings (SSSR count). The lowest BCUT2D eigenvalue weighted by molar-refractivity contribution is 0.181. The van der Waals surface area contributed by atoms with Gasteiger partial charge in [-0.3, -0.25) is 0 Å². The van der Waals surface area contributed by atoms with Crippen LogP contribution >= 0.6 is 11.6 Å². The number of allylic oxidation sites excluding steroid dienone is 5. The average molecular weight is 263 g/mol. The van der Waals surface area contributed by atoms with Crippen LogP contribution < -0.4 is 0 Å². The molecule has 2 heteroatoms. The van der Waals surface area contributed by atoms with Gasteiger partial charge >= 0.3 is 0 Å². The summed E-state index contributed by atoms with van der Waals surface area (Å²) in [6.45, 7) is 1.82. The van der Waals surface area contributed by atoms with Gasteiger partial charge in [0, 0.05) is 5.54 Å². The molecule has 0 amide bonds. The van der Waals surface area contributed by atoms with Crippen LogP contribution in [0.25, 0.3) is 0 Å². The number of hydrogen-bond acceptors (Lipinski definition) is 1. The molecule has 1 atom stereocenters. The summed E-state index contributed by atoms with van der Waals surface area (Å²) in [5.41, 5.74) is 1.42. The second-order valence-corrected chi connectivity index (χ2v) is 4.00. The lowest BCUT2D eigenvalue weighted by atomic mass is 10.1. The van der Waals surface area contributed by atoms with Crippen molar-refractivity contribution < 1.29 is 5.11 Å². The summed E-state index contributed by atoms with van der Waals surface area (Å²) in [5.74, 6) is 11.0. The number of hydrogen-bond donors (Lipinski definition) is 1. The van der Waals surface area contributed by atoms with Crippen molar-refractivity contribution in [3.63, 3.8) is 0 Å². The molecule has 0 aromatic carbocycles. The minimum Gasteiger partial charge on any atom is -0.393 e. The number of halogens is 1. The highest BCUT2D eigenvalue weighted by Crippen LogP contribution is 2.03. The standard InChI is InChI=1S/C16H19ClO/c1-16(18)14-12-10-8-6-4-2-3-5-7-9-11-13-15-17/h4,6,9,11,13,15-16,18H,8,10,12,14H2,1H3/b6-4-,11-9+,15-13+. The third-order valence-electron chi connectivity index (χ3n) is 2.01. The van der Waals surface area contributed by atoms with Gasteiger partial charge in [-0.2, -0.15) is 0 Å². The lowest BCUT2D eigenvalue weighted by Gasteiger charge is -2.00. The molecule has 0 aromatic rings. The molecule has 0 fully saturated rings. The van der Waals surface area contributed by atoms with Crippen molar-refractivity contribution in [2.24, 2.45) is 0 Å². The SMILES string of the molecule is CC(O)CCCC/C=C\C#CC#C/C=C/C=C/Cl. The smallest absolute Gasteiger partial charge is 0.0512 e. The zero-order valence-corrected chi connectivity index (χ0v) is 11.5. The number of unbranched alkanes of at least 4 members (excludes halogenated alkanes) is 2. The molecule has 0 radical (unpaired) electrons. The van der Waals surface area contributed by atoms with Crippen molar-refractivity contribution >= 4 is 11.6 Å². The average Bonchev–Trinajstić information content (AvgIpc) is 2.34. The Morgan fingerprint density at radius 1 is 1.11 bits per heavy atom. The summed E-state index contributed by atoms with van der Waals surface area (Å²) in [7, 11) is 0. The van der Waals surface area contributed by atoms with E-state index in [9.17, 15) is 0 Å². The Morgan fingerprint density at radius 3 is 2.50 bits per heavy atom. The number of rotatable bonds is 6. The van der Waals surface area contributed by atoms with Gasteiger partial charge in [-0.05, 0) is 50.2 Å². The maximum Gasteiger partial charge on any atom is 0.0512 e. The zero-order valence-electron chi connectivity index (χ0n) is 10.7. The van der Waals surface area contributed by atoms with E-state index in [0.717, 1.165) is 25.7 Å². The minimum absolute atomic E-state index is 0.189. The molecule has 0 spiro atoms. The van der Waals surface area contributed by atoms with Gasteiger partial charge in [-0.15, -0.1) is 0 Å².